The average molecular weight is 281 g/mol. The topological polar surface area (TPSA) is 87.8 Å². The Morgan fingerprint density at radius 3 is 2.70 bits per heavy atom. The number of rotatable bonds is 6. The van der Waals surface area contributed by atoms with Gasteiger partial charge in [0.15, 0.2) is 5.75 Å². The number of nitrogens with one attached hydrogen (secondary N) is 1. The lowest BCUT2D eigenvalue weighted by Gasteiger charge is -2.27. The molecule has 4 N–H and O–H groups in total. The van der Waals surface area contributed by atoms with E-state index in [4.69, 9.17) is 10.5 Å². The number of nitrogens with two attached hydrogens (primary N) is 1. The quantitative estimate of drug-likeness (QED) is 0.654. The van der Waals surface area contributed by atoms with Crippen LogP contribution in [0.1, 0.15) is 17.3 Å². The van der Waals surface area contributed by atoms with Crippen molar-refractivity contribution in [3.05, 3.63) is 23.8 Å². The molecule has 1 amide bonds. The highest BCUT2D eigenvalue weighted by atomic mass is 16.5. The Kier molecular flexibility index (Phi) is 5.35. The molecule has 0 aliphatic carbocycles. The lowest BCUT2D eigenvalue weighted by molar-refractivity contribution is 0.0325. The van der Waals surface area contributed by atoms with Gasteiger partial charge in [0.25, 0.3) is 5.91 Å². The minimum atomic E-state index is -1.01. The summed E-state index contributed by atoms with van der Waals surface area (Å²) in [5.74, 6) is 0.0189. The maximum atomic E-state index is 12.1. The van der Waals surface area contributed by atoms with Crippen LogP contribution in [0.15, 0.2) is 18.2 Å². The Bertz CT molecular complexity index is 473. The Balaban J connectivity index is 2.75. The van der Waals surface area contributed by atoms with Crippen LogP contribution in [0, 0.1) is 0 Å². The van der Waals surface area contributed by atoms with Gasteiger partial charge in [0, 0.05) is 13.1 Å². The number of hydrogen-bond donors (Lipinski definition) is 3. The van der Waals surface area contributed by atoms with Crippen molar-refractivity contribution in [3.8, 4) is 5.75 Å². The monoisotopic (exact) mass is 281 g/mol. The number of methoxy groups -OCH3 is 1. The van der Waals surface area contributed by atoms with Crippen molar-refractivity contribution in [2.75, 3.05) is 40.0 Å². The number of anilines is 1. The molecule has 0 fully saturated rings. The predicted molar refractivity (Wildman–Crippen MR) is 78.9 cm³/mol. The summed E-state index contributed by atoms with van der Waals surface area (Å²) in [4.78, 5) is 14.0. The zero-order valence-corrected chi connectivity index (χ0v) is 12.4. The number of ether oxygens (including phenoxy) is 1. The largest absolute Gasteiger partial charge is 0.494 e. The maximum absolute atomic E-state index is 12.1. The molecular formula is C14H23N3O3. The molecule has 6 nitrogen and oxygen atoms in total. The second kappa shape index (κ2) is 6.58. The highest BCUT2D eigenvalue weighted by Crippen LogP contribution is 2.25. The van der Waals surface area contributed by atoms with E-state index in [1.807, 2.05) is 19.0 Å². The van der Waals surface area contributed by atoms with E-state index < -0.39 is 5.60 Å². The van der Waals surface area contributed by atoms with E-state index in [0.29, 0.717) is 23.5 Å². The van der Waals surface area contributed by atoms with Crippen molar-refractivity contribution >= 4 is 11.6 Å². The van der Waals surface area contributed by atoms with Crippen molar-refractivity contribution < 1.29 is 14.6 Å². The molecule has 1 rings (SSSR count). The van der Waals surface area contributed by atoms with Gasteiger partial charge < -0.3 is 25.8 Å². The van der Waals surface area contributed by atoms with Crippen molar-refractivity contribution in [2.45, 2.75) is 12.5 Å². The molecule has 0 aromatic heterocycles. The third kappa shape index (κ3) is 4.40. The number of likely N-dealkylation sites (N-methyl/N-ethyl adjacent to an activating group) is 1. The second-order valence-electron chi connectivity index (χ2n) is 5.35. The van der Waals surface area contributed by atoms with Crippen molar-refractivity contribution in [3.63, 3.8) is 0 Å². The number of amides is 1. The van der Waals surface area contributed by atoms with Gasteiger partial charge in [-0.3, -0.25) is 4.79 Å². The molecule has 0 radical (unpaired) electrons. The van der Waals surface area contributed by atoms with Crippen molar-refractivity contribution in [1.29, 1.82) is 0 Å². The average Bonchev–Trinajstić information content (AvgIpc) is 2.34. The van der Waals surface area contributed by atoms with Gasteiger partial charge in [-0.1, -0.05) is 6.07 Å². The molecule has 6 heteroatoms. The lowest BCUT2D eigenvalue weighted by Crippen LogP contribution is -2.47. The summed E-state index contributed by atoms with van der Waals surface area (Å²) in [6.07, 6.45) is 0. The first kappa shape index (κ1) is 16.3. The zero-order chi connectivity index (χ0) is 15.3. The summed E-state index contributed by atoms with van der Waals surface area (Å²) in [6, 6.07) is 4.98. The van der Waals surface area contributed by atoms with Gasteiger partial charge in [-0.2, -0.15) is 0 Å². The number of carbonyl (C=O) groups excluding carboxylic acids is 1. The van der Waals surface area contributed by atoms with E-state index in [-0.39, 0.29) is 12.5 Å². The van der Waals surface area contributed by atoms with Crippen LogP contribution in [-0.4, -0.2) is 55.8 Å². The molecule has 0 saturated carbocycles. The van der Waals surface area contributed by atoms with Gasteiger partial charge in [-0.25, -0.2) is 0 Å². The number of aliphatic hydroxyl groups is 1. The number of benzene rings is 1. The molecule has 1 aromatic carbocycles. The third-order valence-electron chi connectivity index (χ3n) is 2.78. The molecule has 0 bridgehead atoms. The highest BCUT2D eigenvalue weighted by Gasteiger charge is 2.23. The van der Waals surface area contributed by atoms with E-state index in [1.54, 1.807) is 25.1 Å². The van der Waals surface area contributed by atoms with Gasteiger partial charge in [0.1, 0.15) is 0 Å². The first-order valence-electron chi connectivity index (χ1n) is 6.34. The molecule has 112 valence electrons. The molecule has 0 aliphatic rings. The summed E-state index contributed by atoms with van der Waals surface area (Å²) < 4.78 is 5.14. The number of nitrogen functional groups attached to an aromatic ring is 1. The van der Waals surface area contributed by atoms with E-state index in [1.165, 1.54) is 7.11 Å². The van der Waals surface area contributed by atoms with Crippen LogP contribution in [0.5, 0.6) is 5.75 Å². The fraction of sp³-hybridized carbons (Fsp3) is 0.500. The van der Waals surface area contributed by atoms with Crippen LogP contribution >= 0.6 is 0 Å². The third-order valence-corrected chi connectivity index (χ3v) is 2.78. The number of hydrogen-bond acceptors (Lipinski definition) is 5. The fourth-order valence-electron chi connectivity index (χ4n) is 2.06. The molecule has 1 unspecified atom stereocenters. The summed E-state index contributed by atoms with van der Waals surface area (Å²) in [6.45, 7) is 2.26. The van der Waals surface area contributed by atoms with Gasteiger partial charge in [-0.15, -0.1) is 0 Å². The molecule has 0 saturated heterocycles. The number of para-hydroxylation sites is 1. The van der Waals surface area contributed by atoms with Crippen LogP contribution in [0.3, 0.4) is 0 Å². The second-order valence-corrected chi connectivity index (χ2v) is 5.35. The van der Waals surface area contributed by atoms with E-state index >= 15 is 0 Å². The van der Waals surface area contributed by atoms with Crippen LogP contribution in [0.25, 0.3) is 0 Å². The first-order chi connectivity index (χ1) is 9.26. The Morgan fingerprint density at radius 2 is 2.15 bits per heavy atom. The van der Waals surface area contributed by atoms with Crippen LogP contribution in [-0.2, 0) is 0 Å². The van der Waals surface area contributed by atoms with Crippen molar-refractivity contribution in [1.82, 2.24) is 10.2 Å². The van der Waals surface area contributed by atoms with E-state index in [9.17, 15) is 9.90 Å². The fourth-order valence-corrected chi connectivity index (χ4v) is 2.06. The molecule has 0 spiro atoms. The summed E-state index contributed by atoms with van der Waals surface area (Å²) in [5, 5.41) is 12.8. The van der Waals surface area contributed by atoms with Crippen LogP contribution in [0.4, 0.5) is 5.69 Å². The Morgan fingerprint density at radius 1 is 1.50 bits per heavy atom. The molecule has 20 heavy (non-hydrogen) atoms. The van der Waals surface area contributed by atoms with Crippen LogP contribution in [0.2, 0.25) is 0 Å². The number of carbonyl (C=O) groups is 1. The van der Waals surface area contributed by atoms with Gasteiger partial charge in [0.05, 0.1) is 24.0 Å². The zero-order valence-electron chi connectivity index (χ0n) is 12.4. The standard InChI is InChI=1S/C14H23N3O3/c1-14(19,9-17(2)3)8-16-13(18)10-6-5-7-11(15)12(10)20-4/h5-7,19H,8-9,15H2,1-4H3,(H,16,18). The molecule has 1 aromatic rings. The lowest BCUT2D eigenvalue weighted by atomic mass is 10.1. The molecular weight excluding hydrogens is 258 g/mol. The van der Waals surface area contributed by atoms with Crippen LogP contribution < -0.4 is 15.8 Å². The van der Waals surface area contributed by atoms with Gasteiger partial charge in [0.2, 0.25) is 0 Å². The molecule has 1 atom stereocenters. The molecule has 0 heterocycles. The van der Waals surface area contributed by atoms with E-state index in [2.05, 4.69) is 5.32 Å². The minimum absolute atomic E-state index is 0.141. The highest BCUT2D eigenvalue weighted by molar-refractivity contribution is 5.98. The Hall–Kier alpha value is -1.79. The molecule has 0 aliphatic heterocycles. The smallest absolute Gasteiger partial charge is 0.255 e. The summed E-state index contributed by atoms with van der Waals surface area (Å²) in [7, 11) is 5.18. The SMILES string of the molecule is COc1c(N)cccc1C(=O)NCC(C)(O)CN(C)C. The number of nitrogens with zero attached hydrogens (tertiary/aromatic N) is 1. The summed E-state index contributed by atoms with van der Waals surface area (Å²) >= 11 is 0. The van der Waals surface area contributed by atoms with E-state index in [0.717, 1.165) is 0 Å². The minimum Gasteiger partial charge on any atom is -0.494 e. The Labute approximate surface area is 119 Å². The predicted octanol–water partition coefficient (Wildman–Crippen LogP) is 0.320. The van der Waals surface area contributed by atoms with Gasteiger partial charge >= 0.3 is 0 Å². The maximum Gasteiger partial charge on any atom is 0.255 e. The van der Waals surface area contributed by atoms with Gasteiger partial charge in [-0.05, 0) is 33.2 Å². The summed E-state index contributed by atoms with van der Waals surface area (Å²) in [5.41, 5.74) is 5.51. The normalized spacial score (nSPS) is 13.9. The first-order valence-corrected chi connectivity index (χ1v) is 6.34. The van der Waals surface area contributed by atoms with Crippen molar-refractivity contribution in [2.24, 2.45) is 0 Å².